The number of aromatic nitrogens is 2. The highest BCUT2D eigenvalue weighted by atomic mass is 35.5. The standard InChI is InChI=1S/C18H19ClN2O/c1-4-21-16-7-6-14(19)10-15(16)20-18(21)11-22-17-8-5-12(2)9-13(17)3/h5-10H,4,11H2,1-3H3. The molecule has 0 amide bonds. The van der Waals surface area contributed by atoms with E-state index in [0.29, 0.717) is 11.6 Å². The summed E-state index contributed by atoms with van der Waals surface area (Å²) in [6.07, 6.45) is 0. The number of nitrogens with zero attached hydrogens (tertiary/aromatic N) is 2. The Morgan fingerprint density at radius 2 is 1.95 bits per heavy atom. The quantitative estimate of drug-likeness (QED) is 0.684. The van der Waals surface area contributed by atoms with Crippen LogP contribution in [0.4, 0.5) is 0 Å². The van der Waals surface area contributed by atoms with Crippen molar-refractivity contribution in [1.82, 2.24) is 9.55 Å². The molecule has 0 unspecified atom stereocenters. The van der Waals surface area contributed by atoms with Crippen LogP contribution < -0.4 is 4.74 Å². The Morgan fingerprint density at radius 1 is 1.14 bits per heavy atom. The number of fused-ring (bicyclic) bond motifs is 1. The third-order valence-electron chi connectivity index (χ3n) is 3.79. The molecule has 22 heavy (non-hydrogen) atoms. The monoisotopic (exact) mass is 314 g/mol. The summed E-state index contributed by atoms with van der Waals surface area (Å²) in [6.45, 7) is 7.55. The second-order valence-corrected chi connectivity index (χ2v) is 5.90. The summed E-state index contributed by atoms with van der Waals surface area (Å²) >= 11 is 6.05. The molecule has 0 spiro atoms. The van der Waals surface area contributed by atoms with Crippen molar-refractivity contribution in [3.8, 4) is 5.75 Å². The van der Waals surface area contributed by atoms with E-state index in [1.54, 1.807) is 0 Å². The van der Waals surface area contributed by atoms with Gasteiger partial charge >= 0.3 is 0 Å². The molecule has 0 saturated carbocycles. The van der Waals surface area contributed by atoms with Gasteiger partial charge in [0.05, 0.1) is 11.0 Å². The fraction of sp³-hybridized carbons (Fsp3) is 0.278. The van der Waals surface area contributed by atoms with Crippen LogP contribution in [0.5, 0.6) is 5.75 Å². The minimum Gasteiger partial charge on any atom is -0.485 e. The third-order valence-corrected chi connectivity index (χ3v) is 4.03. The van der Waals surface area contributed by atoms with E-state index in [-0.39, 0.29) is 0 Å². The van der Waals surface area contributed by atoms with E-state index in [2.05, 4.69) is 42.5 Å². The molecule has 0 saturated heterocycles. The van der Waals surface area contributed by atoms with Gasteiger partial charge in [0.1, 0.15) is 18.2 Å². The predicted octanol–water partition coefficient (Wildman–Crippen LogP) is 4.91. The van der Waals surface area contributed by atoms with Crippen molar-refractivity contribution in [2.75, 3.05) is 0 Å². The van der Waals surface area contributed by atoms with Crippen LogP contribution in [0, 0.1) is 13.8 Å². The number of aryl methyl sites for hydroxylation is 3. The zero-order valence-corrected chi connectivity index (χ0v) is 13.8. The molecule has 3 rings (SSSR count). The van der Waals surface area contributed by atoms with E-state index in [9.17, 15) is 0 Å². The molecular formula is C18H19ClN2O. The molecule has 4 heteroatoms. The van der Waals surface area contributed by atoms with Crippen LogP contribution >= 0.6 is 11.6 Å². The molecule has 0 N–H and O–H groups in total. The Morgan fingerprint density at radius 3 is 2.68 bits per heavy atom. The lowest BCUT2D eigenvalue weighted by Gasteiger charge is -2.10. The number of ether oxygens (including phenoxy) is 1. The number of benzene rings is 2. The Bertz CT molecular complexity index is 823. The average molecular weight is 315 g/mol. The maximum atomic E-state index is 6.05. The van der Waals surface area contributed by atoms with E-state index >= 15 is 0 Å². The van der Waals surface area contributed by atoms with Crippen molar-refractivity contribution in [3.63, 3.8) is 0 Å². The molecule has 1 aromatic heterocycles. The highest BCUT2D eigenvalue weighted by molar-refractivity contribution is 6.31. The minimum absolute atomic E-state index is 0.448. The summed E-state index contributed by atoms with van der Waals surface area (Å²) in [7, 11) is 0. The van der Waals surface area contributed by atoms with Gasteiger partial charge in [-0.25, -0.2) is 4.98 Å². The summed E-state index contributed by atoms with van der Waals surface area (Å²) in [6, 6.07) is 12.0. The largest absolute Gasteiger partial charge is 0.485 e. The fourth-order valence-corrected chi connectivity index (χ4v) is 2.89. The molecule has 0 aliphatic heterocycles. The summed E-state index contributed by atoms with van der Waals surface area (Å²) in [5.41, 5.74) is 4.38. The molecule has 0 fully saturated rings. The van der Waals surface area contributed by atoms with Crippen LogP contribution in [-0.2, 0) is 13.2 Å². The molecule has 114 valence electrons. The topological polar surface area (TPSA) is 27.1 Å². The Labute approximate surface area is 135 Å². The van der Waals surface area contributed by atoms with Gasteiger partial charge in [-0.15, -0.1) is 0 Å². The second-order valence-electron chi connectivity index (χ2n) is 5.46. The molecule has 0 radical (unpaired) electrons. The van der Waals surface area contributed by atoms with Crippen molar-refractivity contribution >= 4 is 22.6 Å². The Hall–Kier alpha value is -2.00. The molecule has 2 aromatic carbocycles. The van der Waals surface area contributed by atoms with Crippen molar-refractivity contribution in [2.45, 2.75) is 33.9 Å². The number of imidazole rings is 1. The molecule has 3 aromatic rings. The third kappa shape index (κ3) is 2.81. The molecule has 3 nitrogen and oxygen atoms in total. The van der Waals surface area contributed by atoms with Crippen molar-refractivity contribution in [2.24, 2.45) is 0 Å². The van der Waals surface area contributed by atoms with Gasteiger partial charge in [-0.1, -0.05) is 29.3 Å². The summed E-state index contributed by atoms with van der Waals surface area (Å²) in [5.74, 6) is 1.82. The molecule has 0 bridgehead atoms. The lowest BCUT2D eigenvalue weighted by Crippen LogP contribution is -2.06. The van der Waals surface area contributed by atoms with Gasteiger partial charge in [0.2, 0.25) is 0 Å². The van der Waals surface area contributed by atoms with Gasteiger partial charge in [-0.2, -0.15) is 0 Å². The summed E-state index contributed by atoms with van der Waals surface area (Å²) in [5, 5.41) is 0.704. The predicted molar refractivity (Wildman–Crippen MR) is 90.7 cm³/mol. The van der Waals surface area contributed by atoms with E-state index in [4.69, 9.17) is 16.3 Å². The average Bonchev–Trinajstić information content (AvgIpc) is 2.82. The van der Waals surface area contributed by atoms with Crippen LogP contribution in [0.15, 0.2) is 36.4 Å². The molecular weight excluding hydrogens is 296 g/mol. The number of hydrogen-bond donors (Lipinski definition) is 0. The highest BCUT2D eigenvalue weighted by Crippen LogP contribution is 2.23. The SMILES string of the molecule is CCn1c(COc2ccc(C)cc2C)nc2cc(Cl)ccc21. The molecule has 1 heterocycles. The maximum absolute atomic E-state index is 6.05. The number of halogens is 1. The van der Waals surface area contributed by atoms with E-state index in [0.717, 1.165) is 34.7 Å². The van der Waals surface area contributed by atoms with Crippen LogP contribution in [0.1, 0.15) is 23.9 Å². The Balaban J connectivity index is 1.90. The summed E-state index contributed by atoms with van der Waals surface area (Å²) < 4.78 is 8.13. The number of hydrogen-bond acceptors (Lipinski definition) is 2. The first kappa shape index (κ1) is 14.9. The van der Waals surface area contributed by atoms with Gasteiger partial charge in [0, 0.05) is 11.6 Å². The van der Waals surface area contributed by atoms with Crippen LogP contribution in [0.25, 0.3) is 11.0 Å². The second kappa shape index (κ2) is 6.01. The molecule has 0 atom stereocenters. The van der Waals surface area contributed by atoms with E-state index in [1.807, 2.05) is 24.3 Å². The molecule has 0 aliphatic rings. The highest BCUT2D eigenvalue weighted by Gasteiger charge is 2.11. The Kier molecular flexibility index (Phi) is 4.08. The zero-order chi connectivity index (χ0) is 15.7. The first-order valence-electron chi connectivity index (χ1n) is 7.43. The first-order valence-corrected chi connectivity index (χ1v) is 7.81. The smallest absolute Gasteiger partial charge is 0.147 e. The molecule has 0 aliphatic carbocycles. The first-order chi connectivity index (χ1) is 10.6. The van der Waals surface area contributed by atoms with Gasteiger partial charge in [-0.3, -0.25) is 0 Å². The van der Waals surface area contributed by atoms with E-state index < -0.39 is 0 Å². The lowest BCUT2D eigenvalue weighted by atomic mass is 10.1. The normalized spacial score (nSPS) is 11.1. The summed E-state index contributed by atoms with van der Waals surface area (Å²) in [4.78, 5) is 4.66. The van der Waals surface area contributed by atoms with Gasteiger partial charge in [-0.05, 0) is 50.6 Å². The minimum atomic E-state index is 0.448. The van der Waals surface area contributed by atoms with Crippen LogP contribution in [-0.4, -0.2) is 9.55 Å². The lowest BCUT2D eigenvalue weighted by molar-refractivity contribution is 0.289. The van der Waals surface area contributed by atoms with Gasteiger partial charge < -0.3 is 9.30 Å². The van der Waals surface area contributed by atoms with Gasteiger partial charge in [0.15, 0.2) is 0 Å². The zero-order valence-electron chi connectivity index (χ0n) is 13.1. The van der Waals surface area contributed by atoms with Crippen LogP contribution in [0.2, 0.25) is 5.02 Å². The van der Waals surface area contributed by atoms with Crippen molar-refractivity contribution in [3.05, 3.63) is 58.4 Å². The maximum Gasteiger partial charge on any atom is 0.147 e. The van der Waals surface area contributed by atoms with Gasteiger partial charge in [0.25, 0.3) is 0 Å². The van der Waals surface area contributed by atoms with Crippen LogP contribution in [0.3, 0.4) is 0 Å². The number of rotatable bonds is 4. The van der Waals surface area contributed by atoms with Crippen molar-refractivity contribution < 1.29 is 4.74 Å². The van der Waals surface area contributed by atoms with E-state index in [1.165, 1.54) is 5.56 Å². The fourth-order valence-electron chi connectivity index (χ4n) is 2.72. The van der Waals surface area contributed by atoms with Crippen molar-refractivity contribution in [1.29, 1.82) is 0 Å².